The molecular weight excluding hydrogens is 323 g/mol. The van der Waals surface area contributed by atoms with Gasteiger partial charge in [0.2, 0.25) is 0 Å². The molecule has 1 aliphatic heterocycles. The predicted octanol–water partition coefficient (Wildman–Crippen LogP) is 3.97. The summed E-state index contributed by atoms with van der Waals surface area (Å²) in [6, 6.07) is 13.4. The monoisotopic (exact) mass is 346 g/mol. The number of ether oxygens (including phenoxy) is 1. The minimum Gasteiger partial charge on any atom is -0.492 e. The number of rotatable bonds is 4. The third-order valence-corrected chi connectivity index (χ3v) is 5.20. The average Bonchev–Trinajstić information content (AvgIpc) is 2.69. The second kappa shape index (κ2) is 7.55. The SMILES string of the molecule is Cc1ccc2c(c1)CN(Sc1ccccc1F)C(CN(C)C)CO2. The quantitative estimate of drug-likeness (QED) is 0.778. The lowest BCUT2D eigenvalue weighted by molar-refractivity contribution is 0.193. The molecule has 2 aromatic carbocycles. The smallest absolute Gasteiger partial charge is 0.138 e. The van der Waals surface area contributed by atoms with Crippen molar-refractivity contribution in [1.82, 2.24) is 9.21 Å². The van der Waals surface area contributed by atoms with Crippen molar-refractivity contribution in [2.45, 2.75) is 24.4 Å². The molecule has 0 saturated heterocycles. The topological polar surface area (TPSA) is 15.7 Å². The average molecular weight is 346 g/mol. The zero-order valence-electron chi connectivity index (χ0n) is 14.3. The Morgan fingerprint density at radius 2 is 2.04 bits per heavy atom. The van der Waals surface area contributed by atoms with E-state index in [0.717, 1.165) is 24.4 Å². The predicted molar refractivity (Wildman–Crippen MR) is 96.8 cm³/mol. The van der Waals surface area contributed by atoms with Crippen LogP contribution in [0.3, 0.4) is 0 Å². The van der Waals surface area contributed by atoms with Crippen LogP contribution in [0.4, 0.5) is 4.39 Å². The fourth-order valence-electron chi connectivity index (χ4n) is 2.86. The second-order valence-electron chi connectivity index (χ2n) is 6.44. The summed E-state index contributed by atoms with van der Waals surface area (Å²) in [6.07, 6.45) is 0. The Labute approximate surface area is 147 Å². The summed E-state index contributed by atoms with van der Waals surface area (Å²) in [7, 11) is 4.10. The highest BCUT2D eigenvalue weighted by Crippen LogP contribution is 2.34. The molecule has 0 aliphatic carbocycles. The number of benzene rings is 2. The van der Waals surface area contributed by atoms with Gasteiger partial charge in [-0.15, -0.1) is 0 Å². The van der Waals surface area contributed by atoms with Gasteiger partial charge in [-0.05, 0) is 51.2 Å². The number of halogens is 1. The Bertz CT molecular complexity index is 708. The van der Waals surface area contributed by atoms with Crippen LogP contribution in [0.2, 0.25) is 0 Å². The highest BCUT2D eigenvalue weighted by atomic mass is 32.2. The van der Waals surface area contributed by atoms with E-state index in [2.05, 4.69) is 28.3 Å². The van der Waals surface area contributed by atoms with E-state index in [9.17, 15) is 4.39 Å². The largest absolute Gasteiger partial charge is 0.492 e. The molecule has 1 atom stereocenters. The van der Waals surface area contributed by atoms with Gasteiger partial charge < -0.3 is 9.64 Å². The molecule has 0 saturated carbocycles. The maximum Gasteiger partial charge on any atom is 0.138 e. The molecule has 0 N–H and O–H groups in total. The standard InChI is InChI=1S/C19H23FN2OS/c1-14-8-9-18-15(10-14)11-22(16(13-23-18)12-21(2)3)24-19-7-5-4-6-17(19)20/h4-10,16H,11-13H2,1-3H3. The number of hydrogen-bond acceptors (Lipinski definition) is 4. The van der Waals surface area contributed by atoms with Crippen molar-refractivity contribution in [3.8, 4) is 5.75 Å². The van der Waals surface area contributed by atoms with Gasteiger partial charge >= 0.3 is 0 Å². The van der Waals surface area contributed by atoms with Gasteiger partial charge in [-0.3, -0.25) is 0 Å². The summed E-state index contributed by atoms with van der Waals surface area (Å²) in [5.74, 6) is 0.752. The van der Waals surface area contributed by atoms with Gasteiger partial charge in [0.25, 0.3) is 0 Å². The molecule has 1 heterocycles. The van der Waals surface area contributed by atoms with Crippen molar-refractivity contribution in [1.29, 1.82) is 0 Å². The lowest BCUT2D eigenvalue weighted by Gasteiger charge is -2.30. The van der Waals surface area contributed by atoms with Crippen LogP contribution in [0.5, 0.6) is 5.75 Å². The van der Waals surface area contributed by atoms with Gasteiger partial charge in [0, 0.05) is 18.7 Å². The summed E-state index contributed by atoms with van der Waals surface area (Å²) in [5, 5.41) is 0. The summed E-state index contributed by atoms with van der Waals surface area (Å²) in [5.41, 5.74) is 2.36. The Morgan fingerprint density at radius 1 is 1.25 bits per heavy atom. The van der Waals surface area contributed by atoms with Crippen LogP contribution in [0, 0.1) is 12.7 Å². The molecule has 3 rings (SSSR count). The van der Waals surface area contributed by atoms with E-state index in [4.69, 9.17) is 4.74 Å². The lowest BCUT2D eigenvalue weighted by atomic mass is 10.1. The minimum absolute atomic E-state index is 0.178. The van der Waals surface area contributed by atoms with E-state index in [-0.39, 0.29) is 11.9 Å². The first-order valence-electron chi connectivity index (χ1n) is 8.09. The van der Waals surface area contributed by atoms with Crippen molar-refractivity contribution in [2.75, 3.05) is 27.2 Å². The normalized spacial score (nSPS) is 18.1. The third kappa shape index (κ3) is 4.09. The Balaban J connectivity index is 1.89. The molecular formula is C19H23FN2OS. The van der Waals surface area contributed by atoms with Crippen LogP contribution in [-0.2, 0) is 6.54 Å². The molecule has 3 nitrogen and oxygen atoms in total. The fraction of sp³-hybridized carbons (Fsp3) is 0.368. The Kier molecular flexibility index (Phi) is 5.43. The number of aryl methyl sites for hydroxylation is 1. The van der Waals surface area contributed by atoms with Crippen molar-refractivity contribution >= 4 is 11.9 Å². The molecule has 0 amide bonds. The van der Waals surface area contributed by atoms with Gasteiger partial charge in [0.1, 0.15) is 18.2 Å². The third-order valence-electron chi connectivity index (χ3n) is 4.01. The van der Waals surface area contributed by atoms with E-state index in [1.807, 2.05) is 32.3 Å². The van der Waals surface area contributed by atoms with Crippen LogP contribution in [-0.4, -0.2) is 42.5 Å². The molecule has 0 aromatic heterocycles. The molecule has 0 spiro atoms. The molecule has 0 fully saturated rings. The molecule has 2 aromatic rings. The van der Waals surface area contributed by atoms with Gasteiger partial charge in [-0.2, -0.15) is 0 Å². The van der Waals surface area contributed by atoms with Gasteiger partial charge in [0.05, 0.1) is 10.9 Å². The number of nitrogens with zero attached hydrogens (tertiary/aromatic N) is 2. The summed E-state index contributed by atoms with van der Waals surface area (Å²) >= 11 is 1.48. The Hall–Kier alpha value is -1.56. The van der Waals surface area contributed by atoms with Gasteiger partial charge in [-0.1, -0.05) is 29.8 Å². The van der Waals surface area contributed by atoms with E-state index in [0.29, 0.717) is 11.5 Å². The number of likely N-dealkylation sites (N-methyl/N-ethyl adjacent to an activating group) is 1. The maximum absolute atomic E-state index is 14.1. The van der Waals surface area contributed by atoms with Crippen LogP contribution < -0.4 is 4.74 Å². The summed E-state index contributed by atoms with van der Waals surface area (Å²) in [4.78, 5) is 2.79. The molecule has 128 valence electrons. The molecule has 0 radical (unpaired) electrons. The Morgan fingerprint density at radius 3 is 2.79 bits per heavy atom. The van der Waals surface area contributed by atoms with Crippen LogP contribution in [0.25, 0.3) is 0 Å². The van der Waals surface area contributed by atoms with Crippen molar-refractivity contribution in [2.24, 2.45) is 0 Å². The van der Waals surface area contributed by atoms with E-state index >= 15 is 0 Å². The minimum atomic E-state index is -0.180. The summed E-state index contributed by atoms with van der Waals surface area (Å²) in [6.45, 7) is 4.26. The number of hydrogen-bond donors (Lipinski definition) is 0. The highest BCUT2D eigenvalue weighted by Gasteiger charge is 2.27. The highest BCUT2D eigenvalue weighted by molar-refractivity contribution is 7.97. The van der Waals surface area contributed by atoms with Crippen molar-refractivity contribution in [3.63, 3.8) is 0 Å². The maximum atomic E-state index is 14.1. The summed E-state index contributed by atoms with van der Waals surface area (Å²) < 4.78 is 22.4. The van der Waals surface area contributed by atoms with E-state index < -0.39 is 0 Å². The van der Waals surface area contributed by atoms with Gasteiger partial charge in [0.15, 0.2) is 0 Å². The van der Waals surface area contributed by atoms with Crippen molar-refractivity contribution < 1.29 is 9.13 Å². The van der Waals surface area contributed by atoms with E-state index in [1.54, 1.807) is 6.07 Å². The lowest BCUT2D eigenvalue weighted by Crippen LogP contribution is -2.40. The van der Waals surface area contributed by atoms with Gasteiger partial charge in [-0.25, -0.2) is 8.70 Å². The molecule has 0 bridgehead atoms. The van der Waals surface area contributed by atoms with E-state index in [1.165, 1.54) is 23.6 Å². The zero-order chi connectivity index (χ0) is 17.1. The number of fused-ring (bicyclic) bond motifs is 1. The first-order chi connectivity index (χ1) is 11.5. The zero-order valence-corrected chi connectivity index (χ0v) is 15.1. The fourth-order valence-corrected chi connectivity index (χ4v) is 3.88. The van der Waals surface area contributed by atoms with Crippen LogP contribution in [0.1, 0.15) is 11.1 Å². The molecule has 5 heteroatoms. The molecule has 1 aliphatic rings. The molecule has 24 heavy (non-hydrogen) atoms. The first-order valence-corrected chi connectivity index (χ1v) is 8.86. The van der Waals surface area contributed by atoms with Crippen molar-refractivity contribution in [3.05, 3.63) is 59.4 Å². The van der Waals surface area contributed by atoms with Crippen LogP contribution in [0.15, 0.2) is 47.4 Å². The van der Waals surface area contributed by atoms with Crippen LogP contribution >= 0.6 is 11.9 Å². The second-order valence-corrected chi connectivity index (χ2v) is 7.53. The molecule has 1 unspecified atom stereocenters. The first kappa shape index (κ1) is 17.3.